The molecule has 0 heterocycles. The van der Waals surface area contributed by atoms with Gasteiger partial charge in [-0.3, -0.25) is 4.79 Å². The molecule has 4 bridgehead atoms. The van der Waals surface area contributed by atoms with Gasteiger partial charge in [0, 0.05) is 11.1 Å². The molecule has 1 aromatic carbocycles. The van der Waals surface area contributed by atoms with Gasteiger partial charge in [0.25, 0.3) is 0 Å². The van der Waals surface area contributed by atoms with Crippen LogP contribution < -0.4 is 4.74 Å². The molecule has 0 radical (unpaired) electrons. The van der Waals surface area contributed by atoms with E-state index >= 15 is 0 Å². The molecule has 2 nitrogen and oxygen atoms in total. The van der Waals surface area contributed by atoms with Gasteiger partial charge in [0.1, 0.15) is 12.0 Å². The van der Waals surface area contributed by atoms with Crippen molar-refractivity contribution in [1.82, 2.24) is 0 Å². The molecule has 4 aliphatic rings. The molecule has 4 saturated carbocycles. The fourth-order valence-electron chi connectivity index (χ4n) is 5.83. The minimum atomic E-state index is 0.176. The fourth-order valence-corrected chi connectivity index (χ4v) is 5.83. The molecule has 0 aromatic heterocycles. The highest BCUT2D eigenvalue weighted by Gasteiger charge is 2.52. The van der Waals surface area contributed by atoms with Crippen LogP contribution in [0.5, 0.6) is 5.75 Å². The molecule has 1 aromatic rings. The van der Waals surface area contributed by atoms with E-state index in [4.69, 9.17) is 4.74 Å². The predicted octanol–water partition coefficient (Wildman–Crippen LogP) is 4.75. The Morgan fingerprint density at radius 2 is 1.68 bits per heavy atom. The lowest BCUT2D eigenvalue weighted by molar-refractivity contribution is -0.00671. The third-order valence-corrected chi connectivity index (χ3v) is 6.11. The summed E-state index contributed by atoms with van der Waals surface area (Å²) >= 11 is 0. The topological polar surface area (TPSA) is 26.3 Å². The van der Waals surface area contributed by atoms with Crippen molar-refractivity contribution in [2.45, 2.75) is 63.9 Å². The normalized spacial score (nSPS) is 35.9. The van der Waals surface area contributed by atoms with E-state index in [-0.39, 0.29) is 11.5 Å². The number of hydrogen-bond acceptors (Lipinski definition) is 2. The summed E-state index contributed by atoms with van der Waals surface area (Å²) in [5, 5.41) is 0. The highest BCUT2D eigenvalue weighted by Crippen LogP contribution is 2.61. The van der Waals surface area contributed by atoms with E-state index in [0.717, 1.165) is 35.4 Å². The number of hydrogen-bond donors (Lipinski definition) is 0. The minimum absolute atomic E-state index is 0.176. The number of aldehydes is 1. The summed E-state index contributed by atoms with van der Waals surface area (Å²) in [6.45, 7) is 4.16. The Morgan fingerprint density at radius 1 is 1.09 bits per heavy atom. The fraction of sp³-hybridized carbons (Fsp3) is 0.650. The first kappa shape index (κ1) is 14.3. The standard InChI is InChI=1S/C20H26O2/c1-13(2)22-19-4-3-14(12-21)8-18(19)20-9-15-5-16(10-20)7-17(6-15)11-20/h3-4,8,12-13,15-17H,5-7,9-11H2,1-2H3. The van der Waals surface area contributed by atoms with Gasteiger partial charge in [-0.15, -0.1) is 0 Å². The SMILES string of the molecule is CC(C)Oc1ccc(C=O)cc1C12CC3CC(CC(C3)C1)C2. The van der Waals surface area contributed by atoms with Crippen LogP contribution in [0.3, 0.4) is 0 Å². The van der Waals surface area contributed by atoms with Crippen molar-refractivity contribution < 1.29 is 9.53 Å². The van der Waals surface area contributed by atoms with Gasteiger partial charge in [-0.1, -0.05) is 0 Å². The summed E-state index contributed by atoms with van der Waals surface area (Å²) in [6, 6.07) is 6.05. The van der Waals surface area contributed by atoms with Gasteiger partial charge in [-0.25, -0.2) is 0 Å². The Morgan fingerprint density at radius 3 is 2.18 bits per heavy atom. The molecular formula is C20H26O2. The summed E-state index contributed by atoms with van der Waals surface area (Å²) in [7, 11) is 0. The Bertz CT molecular complexity index is 552. The maximum atomic E-state index is 11.3. The summed E-state index contributed by atoms with van der Waals surface area (Å²) < 4.78 is 6.12. The van der Waals surface area contributed by atoms with Crippen LogP contribution in [0.15, 0.2) is 18.2 Å². The van der Waals surface area contributed by atoms with Crippen LogP contribution in [0, 0.1) is 17.8 Å². The number of carbonyl (C=O) groups is 1. The lowest BCUT2D eigenvalue weighted by Crippen LogP contribution is -2.48. The molecule has 2 heteroatoms. The molecule has 5 rings (SSSR count). The second-order valence-electron chi connectivity index (χ2n) is 8.24. The smallest absolute Gasteiger partial charge is 0.150 e. The molecule has 4 fully saturated rings. The lowest BCUT2D eigenvalue weighted by atomic mass is 9.48. The summed E-state index contributed by atoms with van der Waals surface area (Å²) in [4.78, 5) is 11.3. The van der Waals surface area contributed by atoms with Gasteiger partial charge in [-0.2, -0.15) is 0 Å². The van der Waals surface area contributed by atoms with Crippen molar-refractivity contribution >= 4 is 6.29 Å². The van der Waals surface area contributed by atoms with E-state index in [9.17, 15) is 4.79 Å². The third kappa shape index (κ3) is 2.28. The third-order valence-electron chi connectivity index (χ3n) is 6.11. The van der Waals surface area contributed by atoms with E-state index < -0.39 is 0 Å². The van der Waals surface area contributed by atoms with E-state index in [0.29, 0.717) is 0 Å². The van der Waals surface area contributed by atoms with Crippen LogP contribution in [0.25, 0.3) is 0 Å². The largest absolute Gasteiger partial charge is 0.491 e. The van der Waals surface area contributed by atoms with Crippen LogP contribution in [-0.4, -0.2) is 12.4 Å². The maximum absolute atomic E-state index is 11.3. The Labute approximate surface area is 133 Å². The quantitative estimate of drug-likeness (QED) is 0.750. The van der Waals surface area contributed by atoms with Crippen LogP contribution in [0.2, 0.25) is 0 Å². The molecular weight excluding hydrogens is 272 g/mol. The molecule has 0 saturated heterocycles. The van der Waals surface area contributed by atoms with E-state index in [2.05, 4.69) is 19.9 Å². The molecule has 22 heavy (non-hydrogen) atoms. The van der Waals surface area contributed by atoms with E-state index in [1.165, 1.54) is 44.1 Å². The van der Waals surface area contributed by atoms with Gasteiger partial charge in [0.2, 0.25) is 0 Å². The minimum Gasteiger partial charge on any atom is -0.491 e. The zero-order valence-corrected chi connectivity index (χ0v) is 13.7. The number of ether oxygens (including phenoxy) is 1. The van der Waals surface area contributed by atoms with E-state index in [1.807, 2.05) is 12.1 Å². The van der Waals surface area contributed by atoms with Crippen molar-refractivity contribution in [2.24, 2.45) is 17.8 Å². The average molecular weight is 298 g/mol. The van der Waals surface area contributed by atoms with Crippen LogP contribution in [0.4, 0.5) is 0 Å². The Kier molecular flexibility index (Phi) is 3.32. The van der Waals surface area contributed by atoms with Gasteiger partial charge in [0.15, 0.2) is 0 Å². The highest BCUT2D eigenvalue weighted by atomic mass is 16.5. The summed E-state index contributed by atoms with van der Waals surface area (Å²) in [5.41, 5.74) is 2.39. The Hall–Kier alpha value is -1.31. The van der Waals surface area contributed by atoms with Crippen molar-refractivity contribution in [1.29, 1.82) is 0 Å². The molecule has 0 amide bonds. The summed E-state index contributed by atoms with van der Waals surface area (Å²) in [6.07, 6.45) is 9.37. The van der Waals surface area contributed by atoms with Crippen molar-refractivity contribution in [2.75, 3.05) is 0 Å². The molecule has 0 atom stereocenters. The van der Waals surface area contributed by atoms with Crippen molar-refractivity contribution in [3.05, 3.63) is 29.3 Å². The van der Waals surface area contributed by atoms with Crippen LogP contribution >= 0.6 is 0 Å². The van der Waals surface area contributed by atoms with Crippen LogP contribution in [0.1, 0.15) is 68.3 Å². The van der Waals surface area contributed by atoms with Gasteiger partial charge >= 0.3 is 0 Å². The zero-order valence-electron chi connectivity index (χ0n) is 13.7. The van der Waals surface area contributed by atoms with Gasteiger partial charge in [-0.05, 0) is 93.7 Å². The molecule has 0 aliphatic heterocycles. The first-order valence-electron chi connectivity index (χ1n) is 8.84. The number of benzene rings is 1. The average Bonchev–Trinajstić information content (AvgIpc) is 2.45. The first-order chi connectivity index (χ1) is 10.6. The molecule has 118 valence electrons. The number of rotatable bonds is 4. The van der Waals surface area contributed by atoms with Gasteiger partial charge in [0.05, 0.1) is 6.10 Å². The van der Waals surface area contributed by atoms with E-state index in [1.54, 1.807) is 0 Å². The maximum Gasteiger partial charge on any atom is 0.150 e. The molecule has 0 N–H and O–H groups in total. The summed E-state index contributed by atoms with van der Waals surface area (Å²) in [5.74, 6) is 3.72. The predicted molar refractivity (Wildman–Crippen MR) is 87.4 cm³/mol. The molecule has 4 aliphatic carbocycles. The first-order valence-corrected chi connectivity index (χ1v) is 8.84. The zero-order chi connectivity index (χ0) is 15.3. The van der Waals surface area contributed by atoms with Crippen molar-refractivity contribution in [3.63, 3.8) is 0 Å². The van der Waals surface area contributed by atoms with Crippen LogP contribution in [-0.2, 0) is 5.41 Å². The number of carbonyl (C=O) groups excluding carboxylic acids is 1. The second-order valence-corrected chi connectivity index (χ2v) is 8.24. The van der Waals surface area contributed by atoms with Gasteiger partial charge < -0.3 is 4.74 Å². The molecule has 0 spiro atoms. The molecule has 0 unspecified atom stereocenters. The monoisotopic (exact) mass is 298 g/mol. The Balaban J connectivity index is 1.78. The second kappa shape index (κ2) is 5.11. The lowest BCUT2D eigenvalue weighted by Gasteiger charge is -2.57. The van der Waals surface area contributed by atoms with Crippen molar-refractivity contribution in [3.8, 4) is 5.75 Å². The highest BCUT2D eigenvalue weighted by molar-refractivity contribution is 5.76.